The van der Waals surface area contributed by atoms with E-state index < -0.39 is 6.61 Å². The van der Waals surface area contributed by atoms with Crippen LogP contribution in [0.1, 0.15) is 25.0 Å². The van der Waals surface area contributed by atoms with Crippen LogP contribution in [0.5, 0.6) is 5.75 Å². The van der Waals surface area contributed by atoms with Crippen molar-refractivity contribution in [2.75, 3.05) is 13.1 Å². The fourth-order valence-electron chi connectivity index (χ4n) is 1.72. The van der Waals surface area contributed by atoms with Crippen molar-refractivity contribution in [2.24, 2.45) is 4.99 Å². The molecular weight excluding hydrogens is 391 g/mol. The first-order valence-corrected chi connectivity index (χ1v) is 6.63. The molecule has 0 saturated heterocycles. The van der Waals surface area contributed by atoms with Gasteiger partial charge in [-0.1, -0.05) is 17.7 Å². The number of rotatable bonds is 6. The van der Waals surface area contributed by atoms with Gasteiger partial charge >= 0.3 is 6.61 Å². The number of halogens is 3. The molecule has 1 aromatic carbocycles. The minimum absolute atomic E-state index is 0. The van der Waals surface area contributed by atoms with Crippen molar-refractivity contribution in [3.63, 3.8) is 0 Å². The van der Waals surface area contributed by atoms with E-state index in [4.69, 9.17) is 0 Å². The second kappa shape index (κ2) is 10.6. The number of alkyl halides is 2. The van der Waals surface area contributed by atoms with E-state index in [-0.39, 0.29) is 36.3 Å². The Hall–Kier alpha value is -1.12. The number of ether oxygens (including phenoxy) is 1. The third-order valence-electron chi connectivity index (χ3n) is 2.53. The van der Waals surface area contributed by atoms with E-state index >= 15 is 0 Å². The quantitative estimate of drug-likeness (QED) is 0.428. The molecule has 2 N–H and O–H groups in total. The predicted octanol–water partition coefficient (Wildman–Crippen LogP) is 3.29. The minimum Gasteiger partial charge on any atom is -0.434 e. The molecule has 1 rings (SSSR count). The molecule has 0 unspecified atom stereocenters. The Balaban J connectivity index is 0.00000400. The van der Waals surface area contributed by atoms with Gasteiger partial charge in [-0.05, 0) is 26.8 Å². The predicted molar refractivity (Wildman–Crippen MR) is 91.7 cm³/mol. The highest BCUT2D eigenvalue weighted by molar-refractivity contribution is 14.0. The van der Waals surface area contributed by atoms with E-state index in [0.717, 1.165) is 18.7 Å². The fourth-order valence-corrected chi connectivity index (χ4v) is 1.72. The smallest absolute Gasteiger partial charge is 0.387 e. The molecule has 0 aliphatic heterocycles. The zero-order valence-corrected chi connectivity index (χ0v) is 14.8. The van der Waals surface area contributed by atoms with Gasteiger partial charge in [0.25, 0.3) is 0 Å². The largest absolute Gasteiger partial charge is 0.434 e. The maximum atomic E-state index is 12.4. The van der Waals surface area contributed by atoms with Crippen LogP contribution < -0.4 is 15.4 Å². The maximum absolute atomic E-state index is 12.4. The Morgan fingerprint density at radius 2 is 1.86 bits per heavy atom. The zero-order valence-electron chi connectivity index (χ0n) is 12.5. The molecule has 7 heteroatoms. The molecule has 0 amide bonds. The van der Waals surface area contributed by atoms with Gasteiger partial charge in [0.2, 0.25) is 0 Å². The number of nitrogens with zero attached hydrogens (tertiary/aromatic N) is 1. The van der Waals surface area contributed by atoms with Crippen LogP contribution >= 0.6 is 24.0 Å². The standard InChI is InChI=1S/C14H21F2N3O.HI/c1-4-17-14(18-5-2)19-9-11-8-10(3)6-7-12(11)20-13(15)16;/h6-8,13H,4-5,9H2,1-3H3,(H2,17,18,19);1H. The normalized spacial score (nSPS) is 9.81. The van der Waals surface area contributed by atoms with Gasteiger partial charge in [-0.15, -0.1) is 24.0 Å². The molecule has 120 valence electrons. The molecule has 4 nitrogen and oxygen atoms in total. The summed E-state index contributed by atoms with van der Waals surface area (Å²) >= 11 is 0. The van der Waals surface area contributed by atoms with Crippen LogP contribution in [0, 0.1) is 6.92 Å². The highest BCUT2D eigenvalue weighted by Crippen LogP contribution is 2.22. The molecule has 0 heterocycles. The van der Waals surface area contributed by atoms with E-state index in [1.54, 1.807) is 18.2 Å². The molecular formula is C14H22F2IN3O. The lowest BCUT2D eigenvalue weighted by Crippen LogP contribution is -2.37. The number of guanidine groups is 1. The van der Waals surface area contributed by atoms with Crippen molar-refractivity contribution in [3.8, 4) is 5.75 Å². The van der Waals surface area contributed by atoms with Crippen LogP contribution in [0.3, 0.4) is 0 Å². The molecule has 0 atom stereocenters. The van der Waals surface area contributed by atoms with Crippen LogP contribution in [0.15, 0.2) is 23.2 Å². The zero-order chi connectivity index (χ0) is 15.0. The van der Waals surface area contributed by atoms with E-state index in [1.165, 1.54) is 0 Å². The summed E-state index contributed by atoms with van der Waals surface area (Å²) in [6, 6.07) is 5.09. The fraction of sp³-hybridized carbons (Fsp3) is 0.500. The number of nitrogens with one attached hydrogen (secondary N) is 2. The summed E-state index contributed by atoms with van der Waals surface area (Å²) in [6.07, 6.45) is 0. The third kappa shape index (κ3) is 7.45. The van der Waals surface area contributed by atoms with Gasteiger partial charge in [-0.25, -0.2) is 4.99 Å². The number of hydrogen-bond acceptors (Lipinski definition) is 2. The molecule has 0 aliphatic rings. The second-order valence-corrected chi connectivity index (χ2v) is 4.22. The number of hydrogen-bond donors (Lipinski definition) is 2. The maximum Gasteiger partial charge on any atom is 0.387 e. The first kappa shape index (κ1) is 19.9. The van der Waals surface area contributed by atoms with Crippen molar-refractivity contribution in [1.29, 1.82) is 0 Å². The summed E-state index contributed by atoms with van der Waals surface area (Å²) in [5, 5.41) is 6.16. The average molecular weight is 413 g/mol. The highest BCUT2D eigenvalue weighted by Gasteiger charge is 2.09. The van der Waals surface area contributed by atoms with Gasteiger partial charge in [0, 0.05) is 18.7 Å². The van der Waals surface area contributed by atoms with Crippen LogP contribution in [-0.2, 0) is 6.54 Å². The SMILES string of the molecule is CCNC(=NCc1cc(C)ccc1OC(F)F)NCC.I. The summed E-state index contributed by atoms with van der Waals surface area (Å²) in [7, 11) is 0. The Labute approximate surface area is 141 Å². The number of aryl methyl sites for hydroxylation is 1. The molecule has 1 aromatic rings. The van der Waals surface area contributed by atoms with Gasteiger partial charge in [0.1, 0.15) is 5.75 Å². The Morgan fingerprint density at radius 1 is 1.24 bits per heavy atom. The van der Waals surface area contributed by atoms with Crippen molar-refractivity contribution in [2.45, 2.75) is 33.9 Å². The van der Waals surface area contributed by atoms with Gasteiger partial charge in [-0.2, -0.15) is 8.78 Å². The lowest BCUT2D eigenvalue weighted by Gasteiger charge is -2.12. The topological polar surface area (TPSA) is 45.7 Å². The van der Waals surface area contributed by atoms with Crippen molar-refractivity contribution >= 4 is 29.9 Å². The van der Waals surface area contributed by atoms with Crippen LogP contribution in [0.2, 0.25) is 0 Å². The first-order chi connectivity index (χ1) is 9.56. The van der Waals surface area contributed by atoms with E-state index in [0.29, 0.717) is 11.5 Å². The minimum atomic E-state index is -2.83. The summed E-state index contributed by atoms with van der Waals surface area (Å²) in [5.74, 6) is 0.821. The number of aliphatic imine (C=N–C) groups is 1. The van der Waals surface area contributed by atoms with Crippen LogP contribution in [0.25, 0.3) is 0 Å². The average Bonchev–Trinajstić information content (AvgIpc) is 2.39. The van der Waals surface area contributed by atoms with Gasteiger partial charge < -0.3 is 15.4 Å². The second-order valence-electron chi connectivity index (χ2n) is 4.22. The van der Waals surface area contributed by atoms with E-state index in [9.17, 15) is 8.78 Å². The Bertz CT molecular complexity index is 448. The van der Waals surface area contributed by atoms with Crippen molar-refractivity contribution < 1.29 is 13.5 Å². The Kier molecular flexibility index (Phi) is 10.0. The molecule has 0 bridgehead atoms. The third-order valence-corrected chi connectivity index (χ3v) is 2.53. The van der Waals surface area contributed by atoms with Crippen LogP contribution in [-0.4, -0.2) is 25.7 Å². The summed E-state index contributed by atoms with van der Waals surface area (Å²) in [5.41, 5.74) is 1.61. The van der Waals surface area contributed by atoms with Crippen molar-refractivity contribution in [1.82, 2.24) is 10.6 Å². The van der Waals surface area contributed by atoms with Crippen LogP contribution in [0.4, 0.5) is 8.78 Å². The first-order valence-electron chi connectivity index (χ1n) is 6.63. The molecule has 0 spiro atoms. The highest BCUT2D eigenvalue weighted by atomic mass is 127. The monoisotopic (exact) mass is 413 g/mol. The molecule has 0 radical (unpaired) electrons. The van der Waals surface area contributed by atoms with E-state index in [2.05, 4.69) is 20.4 Å². The molecule has 21 heavy (non-hydrogen) atoms. The van der Waals surface area contributed by atoms with Gasteiger partial charge in [0.05, 0.1) is 6.54 Å². The van der Waals surface area contributed by atoms with Gasteiger partial charge in [0.15, 0.2) is 5.96 Å². The lowest BCUT2D eigenvalue weighted by molar-refractivity contribution is -0.0504. The van der Waals surface area contributed by atoms with Crippen molar-refractivity contribution in [3.05, 3.63) is 29.3 Å². The summed E-state index contributed by atoms with van der Waals surface area (Å²) in [4.78, 5) is 4.35. The molecule has 0 aromatic heterocycles. The lowest BCUT2D eigenvalue weighted by atomic mass is 10.1. The Morgan fingerprint density at radius 3 is 2.38 bits per heavy atom. The summed E-state index contributed by atoms with van der Waals surface area (Å²) in [6.45, 7) is 4.74. The van der Waals surface area contributed by atoms with E-state index in [1.807, 2.05) is 20.8 Å². The van der Waals surface area contributed by atoms with Gasteiger partial charge in [-0.3, -0.25) is 0 Å². The molecule has 0 saturated carbocycles. The molecule has 0 fully saturated rings. The summed E-state index contributed by atoms with van der Waals surface area (Å²) < 4.78 is 29.2. The number of benzene rings is 1. The molecule has 0 aliphatic carbocycles.